The van der Waals surface area contributed by atoms with Crippen LogP contribution in [0.5, 0.6) is 0 Å². The fraction of sp³-hybridized carbons (Fsp3) is 0.235. The van der Waals surface area contributed by atoms with Gasteiger partial charge in [0.2, 0.25) is 5.82 Å². The van der Waals surface area contributed by atoms with Crippen LogP contribution >= 0.6 is 0 Å². The number of aromatic nitrogens is 4. The van der Waals surface area contributed by atoms with Crippen LogP contribution in [0.3, 0.4) is 0 Å². The lowest BCUT2D eigenvalue weighted by Gasteiger charge is -2.10. The molecule has 0 radical (unpaired) electrons. The van der Waals surface area contributed by atoms with Gasteiger partial charge >= 0.3 is 18.2 Å². The van der Waals surface area contributed by atoms with Crippen LogP contribution < -0.4 is 5.32 Å². The monoisotopic (exact) mass is 393 g/mol. The van der Waals surface area contributed by atoms with Crippen molar-refractivity contribution in [1.29, 1.82) is 0 Å². The largest absolute Gasteiger partial charge is 0.471 e. The van der Waals surface area contributed by atoms with Gasteiger partial charge < -0.3 is 9.26 Å². The Morgan fingerprint density at radius 1 is 1.18 bits per heavy atom. The van der Waals surface area contributed by atoms with Gasteiger partial charge in [0.05, 0.1) is 11.4 Å². The number of hydrogen-bond donors (Lipinski definition) is 1. The number of halogens is 3. The first-order valence-corrected chi connectivity index (χ1v) is 7.97. The Hall–Kier alpha value is -3.50. The Bertz CT molecular complexity index is 1000. The van der Waals surface area contributed by atoms with E-state index in [1.807, 2.05) is 0 Å². The molecular weight excluding hydrogens is 379 g/mol. The molecule has 11 heteroatoms. The van der Waals surface area contributed by atoms with Crippen LogP contribution in [0.1, 0.15) is 22.8 Å². The Balaban J connectivity index is 1.66. The maximum Gasteiger partial charge on any atom is 0.471 e. The van der Waals surface area contributed by atoms with Crippen LogP contribution in [0.25, 0.3) is 11.5 Å². The summed E-state index contributed by atoms with van der Waals surface area (Å²) in [5, 5.41) is 5.79. The highest BCUT2D eigenvalue weighted by atomic mass is 19.4. The molecule has 146 valence electrons. The number of aryl methyl sites for hydroxylation is 2. The molecule has 3 aromatic rings. The lowest BCUT2D eigenvalue weighted by molar-refractivity contribution is -0.159. The topological polar surface area (TPSA) is 103 Å². The van der Waals surface area contributed by atoms with E-state index >= 15 is 0 Å². The number of ether oxygens (including phenoxy) is 1. The average molecular weight is 393 g/mol. The van der Waals surface area contributed by atoms with Gasteiger partial charge in [-0.25, -0.2) is 9.78 Å². The molecule has 0 saturated heterocycles. The molecule has 3 rings (SSSR count). The number of amides is 1. The molecule has 1 amide bonds. The summed E-state index contributed by atoms with van der Waals surface area (Å²) < 4.78 is 46.9. The molecule has 8 nitrogen and oxygen atoms in total. The molecule has 3 aromatic heterocycles. The van der Waals surface area contributed by atoms with Crippen LogP contribution in [-0.4, -0.2) is 26.2 Å². The Morgan fingerprint density at radius 3 is 2.61 bits per heavy atom. The molecule has 1 N–H and O–H groups in total. The molecule has 3 heterocycles. The summed E-state index contributed by atoms with van der Waals surface area (Å²) in [6.07, 6.45) is -3.81. The number of carbonyl (C=O) groups is 1. The second-order valence-electron chi connectivity index (χ2n) is 5.70. The summed E-state index contributed by atoms with van der Waals surface area (Å²) in [5.74, 6) is -1.77. The minimum atomic E-state index is -4.74. The number of nitrogens with zero attached hydrogens (tertiary/aromatic N) is 4. The normalized spacial score (nSPS) is 11.3. The van der Waals surface area contributed by atoms with Gasteiger partial charge in [-0.3, -0.25) is 10.3 Å². The van der Waals surface area contributed by atoms with Crippen molar-refractivity contribution in [3.05, 3.63) is 53.3 Å². The van der Waals surface area contributed by atoms with Crippen LogP contribution in [0.15, 0.2) is 35.0 Å². The summed E-state index contributed by atoms with van der Waals surface area (Å²) in [6, 6.07) is 6.34. The minimum absolute atomic E-state index is 0.0408. The second kappa shape index (κ2) is 7.62. The molecule has 0 spiro atoms. The van der Waals surface area contributed by atoms with Gasteiger partial charge in [-0.15, -0.1) is 0 Å². The summed E-state index contributed by atoms with van der Waals surface area (Å²) in [5.41, 5.74) is 2.25. The summed E-state index contributed by atoms with van der Waals surface area (Å²) >= 11 is 0. The van der Waals surface area contributed by atoms with Crippen LogP contribution in [0.4, 0.5) is 23.7 Å². The van der Waals surface area contributed by atoms with E-state index in [0.717, 1.165) is 11.3 Å². The molecule has 0 fully saturated rings. The average Bonchev–Trinajstić information content (AvgIpc) is 3.13. The van der Waals surface area contributed by atoms with E-state index in [1.54, 1.807) is 32.2 Å². The molecular formula is C17H14F3N5O3. The van der Waals surface area contributed by atoms with Crippen molar-refractivity contribution < 1.29 is 27.2 Å². The zero-order valence-electron chi connectivity index (χ0n) is 14.7. The molecule has 0 aliphatic rings. The Kier molecular flexibility index (Phi) is 5.25. The maximum atomic E-state index is 12.5. The van der Waals surface area contributed by atoms with Crippen molar-refractivity contribution in [3.63, 3.8) is 0 Å². The third kappa shape index (κ3) is 4.42. The van der Waals surface area contributed by atoms with Crippen molar-refractivity contribution in [2.45, 2.75) is 26.6 Å². The highest BCUT2D eigenvalue weighted by Gasteiger charge is 2.38. The maximum absolute atomic E-state index is 12.5. The van der Waals surface area contributed by atoms with Crippen molar-refractivity contribution in [3.8, 4) is 11.5 Å². The molecule has 0 saturated carbocycles. The molecule has 0 atom stereocenters. The summed E-state index contributed by atoms with van der Waals surface area (Å²) in [7, 11) is 0. The van der Waals surface area contributed by atoms with E-state index in [1.165, 1.54) is 12.1 Å². The van der Waals surface area contributed by atoms with E-state index in [-0.39, 0.29) is 18.1 Å². The molecule has 28 heavy (non-hydrogen) atoms. The highest BCUT2D eigenvalue weighted by Crippen LogP contribution is 2.29. The fourth-order valence-electron chi connectivity index (χ4n) is 2.22. The van der Waals surface area contributed by atoms with Crippen LogP contribution in [-0.2, 0) is 17.5 Å². The first kappa shape index (κ1) is 19.3. The zero-order valence-corrected chi connectivity index (χ0v) is 14.7. The zero-order chi connectivity index (χ0) is 20.3. The molecule has 0 aliphatic carbocycles. The van der Waals surface area contributed by atoms with Gasteiger partial charge in [0.15, 0.2) is 0 Å². The molecule has 0 bridgehead atoms. The first-order chi connectivity index (χ1) is 13.2. The second-order valence-corrected chi connectivity index (χ2v) is 5.70. The fourth-order valence-corrected chi connectivity index (χ4v) is 2.22. The molecule has 0 aliphatic heterocycles. The quantitative estimate of drug-likeness (QED) is 0.717. The van der Waals surface area contributed by atoms with Gasteiger partial charge in [0, 0.05) is 17.5 Å². The van der Waals surface area contributed by atoms with Gasteiger partial charge in [-0.05, 0) is 32.0 Å². The number of alkyl halides is 3. The Labute approximate surface area is 156 Å². The van der Waals surface area contributed by atoms with Crippen molar-refractivity contribution >= 4 is 11.8 Å². The first-order valence-electron chi connectivity index (χ1n) is 7.97. The smallest absolute Gasteiger partial charge is 0.444 e. The third-order valence-corrected chi connectivity index (χ3v) is 3.70. The van der Waals surface area contributed by atoms with Crippen molar-refractivity contribution in [2.24, 2.45) is 0 Å². The van der Waals surface area contributed by atoms with E-state index in [9.17, 15) is 18.0 Å². The van der Waals surface area contributed by atoms with Crippen molar-refractivity contribution in [1.82, 2.24) is 20.1 Å². The van der Waals surface area contributed by atoms with Gasteiger partial charge in [0.25, 0.3) is 0 Å². The van der Waals surface area contributed by atoms with E-state index in [0.29, 0.717) is 11.4 Å². The lowest BCUT2D eigenvalue weighted by Crippen LogP contribution is -2.15. The molecule has 0 aromatic carbocycles. The summed E-state index contributed by atoms with van der Waals surface area (Å²) in [4.78, 5) is 23.4. The van der Waals surface area contributed by atoms with Gasteiger partial charge in [-0.2, -0.15) is 18.2 Å². The lowest BCUT2D eigenvalue weighted by atomic mass is 10.2. The SMILES string of the molecule is Cc1ncccc1COC(=O)Nc1ccc(-c2noc(C(F)(F)F)n2)nc1C. The predicted octanol–water partition coefficient (Wildman–Crippen LogP) is 3.91. The minimum Gasteiger partial charge on any atom is -0.444 e. The summed E-state index contributed by atoms with van der Waals surface area (Å²) in [6.45, 7) is 3.40. The number of carbonyl (C=O) groups excluding carboxylic acids is 1. The predicted molar refractivity (Wildman–Crippen MR) is 90.0 cm³/mol. The number of nitrogens with one attached hydrogen (secondary N) is 1. The Morgan fingerprint density at radius 2 is 1.96 bits per heavy atom. The van der Waals surface area contributed by atoms with Crippen LogP contribution in [0.2, 0.25) is 0 Å². The number of hydrogen-bond acceptors (Lipinski definition) is 7. The highest BCUT2D eigenvalue weighted by molar-refractivity contribution is 5.85. The van der Waals surface area contributed by atoms with E-state index in [2.05, 4.69) is 29.9 Å². The third-order valence-electron chi connectivity index (χ3n) is 3.70. The van der Waals surface area contributed by atoms with E-state index in [4.69, 9.17) is 4.74 Å². The molecule has 0 unspecified atom stereocenters. The van der Waals surface area contributed by atoms with Crippen LogP contribution in [0, 0.1) is 13.8 Å². The standard InChI is InChI=1S/C17H14F3N5O3/c1-9-11(4-3-7-21-9)8-27-16(26)23-12-5-6-13(22-10(12)2)14-24-15(28-25-14)17(18,19)20/h3-7H,8H2,1-2H3,(H,23,26). The number of anilines is 1. The van der Waals surface area contributed by atoms with Gasteiger partial charge in [-0.1, -0.05) is 11.2 Å². The van der Waals surface area contributed by atoms with E-state index < -0.39 is 18.2 Å². The van der Waals surface area contributed by atoms with Gasteiger partial charge in [0.1, 0.15) is 12.3 Å². The number of rotatable bonds is 4. The number of pyridine rings is 2. The van der Waals surface area contributed by atoms with Crippen molar-refractivity contribution in [2.75, 3.05) is 5.32 Å².